The van der Waals surface area contributed by atoms with Crippen molar-refractivity contribution in [3.8, 4) is 0 Å². The van der Waals surface area contributed by atoms with E-state index in [1.54, 1.807) is 0 Å². The van der Waals surface area contributed by atoms with Crippen LogP contribution in [0, 0.1) is 18.8 Å². The van der Waals surface area contributed by atoms with Crippen LogP contribution in [0.4, 0.5) is 0 Å². The zero-order valence-corrected chi connectivity index (χ0v) is 15.2. The van der Waals surface area contributed by atoms with Gasteiger partial charge >= 0.3 is 0 Å². The highest BCUT2D eigenvalue weighted by atomic mass is 16.7. The van der Waals surface area contributed by atoms with Gasteiger partial charge in [0, 0.05) is 32.5 Å². The van der Waals surface area contributed by atoms with Crippen LogP contribution < -0.4 is 5.32 Å². The molecular weight excluding hydrogens is 332 g/mol. The van der Waals surface area contributed by atoms with Crippen LogP contribution in [-0.2, 0) is 25.6 Å². The zero-order chi connectivity index (χ0) is 18.1. The van der Waals surface area contributed by atoms with Crippen molar-refractivity contribution in [2.45, 2.75) is 38.5 Å². The molecule has 26 heavy (non-hydrogen) atoms. The summed E-state index contributed by atoms with van der Waals surface area (Å²) in [6.45, 7) is 5.11. The molecule has 2 amide bonds. The molecule has 1 aromatic carbocycles. The van der Waals surface area contributed by atoms with E-state index < -0.39 is 5.79 Å². The van der Waals surface area contributed by atoms with Gasteiger partial charge < -0.3 is 19.7 Å². The van der Waals surface area contributed by atoms with Crippen LogP contribution in [0.1, 0.15) is 30.4 Å². The van der Waals surface area contributed by atoms with Crippen molar-refractivity contribution in [1.29, 1.82) is 0 Å². The summed E-state index contributed by atoms with van der Waals surface area (Å²) in [6, 6.07) is 8.08. The number of piperidine rings is 1. The molecule has 4 rings (SSSR count). The molecule has 2 saturated heterocycles. The lowest BCUT2D eigenvalue weighted by molar-refractivity contribution is -0.187. The molecular formula is C20H26N2O4. The van der Waals surface area contributed by atoms with E-state index in [0.29, 0.717) is 39.3 Å². The standard InChI is InChI=1S/C20H26N2O4/c1-14-3-2-4-15(11-14)13-21-18(23)16-12-17(16)19(24)22-7-5-20(6-8-22)25-9-10-26-20/h2-4,11,16-17H,5-10,12-13H2,1H3,(H,21,23). The number of hydrogen-bond donors (Lipinski definition) is 1. The topological polar surface area (TPSA) is 67.9 Å². The van der Waals surface area contributed by atoms with Crippen LogP contribution >= 0.6 is 0 Å². The lowest BCUT2D eigenvalue weighted by atomic mass is 10.0. The Hall–Kier alpha value is -1.92. The largest absolute Gasteiger partial charge is 0.352 e. The molecule has 2 atom stereocenters. The third-order valence-electron chi connectivity index (χ3n) is 5.64. The molecule has 1 N–H and O–H groups in total. The fourth-order valence-electron chi connectivity index (χ4n) is 3.99. The lowest BCUT2D eigenvalue weighted by Crippen LogP contribution is -2.48. The van der Waals surface area contributed by atoms with Crippen molar-refractivity contribution in [3.63, 3.8) is 0 Å². The van der Waals surface area contributed by atoms with Gasteiger partial charge in [0.25, 0.3) is 0 Å². The lowest BCUT2D eigenvalue weighted by Gasteiger charge is -2.37. The van der Waals surface area contributed by atoms with Gasteiger partial charge in [0.05, 0.1) is 25.0 Å². The van der Waals surface area contributed by atoms with Crippen molar-refractivity contribution >= 4 is 11.8 Å². The molecule has 1 saturated carbocycles. The van der Waals surface area contributed by atoms with Gasteiger partial charge in [-0.1, -0.05) is 29.8 Å². The van der Waals surface area contributed by atoms with Gasteiger partial charge in [-0.15, -0.1) is 0 Å². The molecule has 3 fully saturated rings. The summed E-state index contributed by atoms with van der Waals surface area (Å²) >= 11 is 0. The normalized spacial score (nSPS) is 26.7. The van der Waals surface area contributed by atoms with E-state index in [-0.39, 0.29) is 23.7 Å². The average molecular weight is 358 g/mol. The van der Waals surface area contributed by atoms with Crippen LogP contribution in [0.15, 0.2) is 24.3 Å². The third kappa shape index (κ3) is 3.62. The van der Waals surface area contributed by atoms with E-state index in [1.165, 1.54) is 5.56 Å². The molecule has 0 radical (unpaired) electrons. The van der Waals surface area contributed by atoms with Crippen LogP contribution in [0.5, 0.6) is 0 Å². The minimum absolute atomic E-state index is 0.0132. The maximum absolute atomic E-state index is 12.7. The Morgan fingerprint density at radius 1 is 1.19 bits per heavy atom. The smallest absolute Gasteiger partial charge is 0.226 e. The maximum Gasteiger partial charge on any atom is 0.226 e. The molecule has 2 aliphatic heterocycles. The Balaban J connectivity index is 1.24. The SMILES string of the molecule is Cc1cccc(CNC(=O)C2CC2C(=O)N2CCC3(CC2)OCCO3)c1. The third-order valence-corrected chi connectivity index (χ3v) is 5.64. The number of carbonyl (C=O) groups excluding carboxylic acids is 2. The minimum atomic E-state index is -0.467. The van der Waals surface area contributed by atoms with Gasteiger partial charge in [0.1, 0.15) is 0 Å². The quantitative estimate of drug-likeness (QED) is 0.888. The monoisotopic (exact) mass is 358 g/mol. The second-order valence-corrected chi connectivity index (χ2v) is 7.59. The number of amides is 2. The Bertz CT molecular complexity index is 689. The minimum Gasteiger partial charge on any atom is -0.352 e. The fourth-order valence-corrected chi connectivity index (χ4v) is 3.99. The first-order chi connectivity index (χ1) is 12.6. The highest BCUT2D eigenvalue weighted by Crippen LogP contribution is 2.41. The molecule has 140 valence electrons. The van der Waals surface area contributed by atoms with E-state index in [4.69, 9.17) is 9.47 Å². The van der Waals surface area contributed by atoms with E-state index in [0.717, 1.165) is 18.4 Å². The molecule has 1 aliphatic carbocycles. The first kappa shape index (κ1) is 17.5. The number of rotatable bonds is 4. The molecule has 1 aromatic rings. The van der Waals surface area contributed by atoms with Crippen molar-refractivity contribution in [1.82, 2.24) is 10.2 Å². The van der Waals surface area contributed by atoms with E-state index >= 15 is 0 Å². The van der Waals surface area contributed by atoms with E-state index in [9.17, 15) is 9.59 Å². The van der Waals surface area contributed by atoms with Gasteiger partial charge in [0.2, 0.25) is 11.8 Å². The van der Waals surface area contributed by atoms with Gasteiger partial charge in [0.15, 0.2) is 5.79 Å². The molecule has 3 aliphatic rings. The summed E-state index contributed by atoms with van der Waals surface area (Å²) in [7, 11) is 0. The van der Waals surface area contributed by atoms with Gasteiger partial charge in [-0.2, -0.15) is 0 Å². The first-order valence-corrected chi connectivity index (χ1v) is 9.46. The predicted molar refractivity (Wildman–Crippen MR) is 95.1 cm³/mol. The van der Waals surface area contributed by atoms with Crippen LogP contribution in [-0.4, -0.2) is 48.8 Å². The summed E-state index contributed by atoms with van der Waals surface area (Å²) in [5, 5.41) is 2.97. The molecule has 6 nitrogen and oxygen atoms in total. The second-order valence-electron chi connectivity index (χ2n) is 7.59. The second kappa shape index (κ2) is 7.00. The number of nitrogens with one attached hydrogen (secondary N) is 1. The number of carbonyl (C=O) groups is 2. The molecule has 0 aromatic heterocycles. The number of benzene rings is 1. The van der Waals surface area contributed by atoms with Gasteiger partial charge in [-0.25, -0.2) is 0 Å². The number of likely N-dealkylation sites (tertiary alicyclic amines) is 1. The Kier molecular flexibility index (Phi) is 4.71. The summed E-state index contributed by atoms with van der Waals surface area (Å²) in [6.07, 6.45) is 2.10. The van der Waals surface area contributed by atoms with Crippen LogP contribution in [0.25, 0.3) is 0 Å². The average Bonchev–Trinajstić information content (AvgIpc) is 3.33. The molecule has 2 unspecified atom stereocenters. The van der Waals surface area contributed by atoms with E-state index in [1.807, 2.05) is 30.0 Å². The summed E-state index contributed by atoms with van der Waals surface area (Å²) in [4.78, 5) is 26.9. The van der Waals surface area contributed by atoms with E-state index in [2.05, 4.69) is 11.4 Å². The number of aryl methyl sites for hydroxylation is 1. The van der Waals surface area contributed by atoms with Crippen molar-refractivity contribution in [2.75, 3.05) is 26.3 Å². The molecule has 6 heteroatoms. The highest BCUT2D eigenvalue weighted by Gasteiger charge is 2.51. The maximum atomic E-state index is 12.7. The zero-order valence-electron chi connectivity index (χ0n) is 15.2. The molecule has 1 spiro atoms. The van der Waals surface area contributed by atoms with Crippen molar-refractivity contribution in [2.24, 2.45) is 11.8 Å². The summed E-state index contributed by atoms with van der Waals surface area (Å²) in [5.74, 6) is -0.714. The Labute approximate surface area is 153 Å². The van der Waals surface area contributed by atoms with Crippen molar-refractivity contribution in [3.05, 3.63) is 35.4 Å². The van der Waals surface area contributed by atoms with Gasteiger partial charge in [-0.3, -0.25) is 9.59 Å². The highest BCUT2D eigenvalue weighted by molar-refractivity contribution is 5.92. The molecule has 0 bridgehead atoms. The first-order valence-electron chi connectivity index (χ1n) is 9.46. The predicted octanol–water partition coefficient (Wildman–Crippen LogP) is 1.61. The summed E-state index contributed by atoms with van der Waals surface area (Å²) in [5.41, 5.74) is 2.26. The number of nitrogens with zero attached hydrogens (tertiary/aromatic N) is 1. The van der Waals surface area contributed by atoms with Gasteiger partial charge in [-0.05, 0) is 18.9 Å². The number of hydrogen-bond acceptors (Lipinski definition) is 4. The Morgan fingerprint density at radius 2 is 1.92 bits per heavy atom. The van der Waals surface area contributed by atoms with Crippen molar-refractivity contribution < 1.29 is 19.1 Å². The number of ether oxygens (including phenoxy) is 2. The van der Waals surface area contributed by atoms with Crippen LogP contribution in [0.3, 0.4) is 0 Å². The van der Waals surface area contributed by atoms with Crippen LogP contribution in [0.2, 0.25) is 0 Å². The molecule has 2 heterocycles. The Morgan fingerprint density at radius 3 is 2.62 bits per heavy atom. The summed E-state index contributed by atoms with van der Waals surface area (Å²) < 4.78 is 11.4. The fraction of sp³-hybridized carbons (Fsp3) is 0.600.